The van der Waals surface area contributed by atoms with Crippen LogP contribution in [0.25, 0.3) is 22.2 Å². The van der Waals surface area contributed by atoms with Gasteiger partial charge in [-0.1, -0.05) is 36.9 Å². The minimum Gasteiger partial charge on any atom is -0.486 e. The fourth-order valence-corrected chi connectivity index (χ4v) is 3.69. The lowest BCUT2D eigenvalue weighted by molar-refractivity contribution is -0.154. The van der Waals surface area contributed by atoms with E-state index >= 15 is 4.39 Å². The monoisotopic (exact) mass is 518 g/mol. The number of nitrogens with zero attached hydrogens (tertiary/aromatic N) is 2. The molecular weight excluding hydrogens is 498 g/mol. The van der Waals surface area contributed by atoms with E-state index in [1.165, 1.54) is 12.4 Å². The molecule has 192 valence electrons. The van der Waals surface area contributed by atoms with E-state index in [0.717, 1.165) is 12.1 Å². The summed E-state index contributed by atoms with van der Waals surface area (Å²) >= 11 is 0. The Balaban J connectivity index is 1.48. The molecule has 0 atom stereocenters. The lowest BCUT2D eigenvalue weighted by Crippen LogP contribution is -2.20. The van der Waals surface area contributed by atoms with Crippen molar-refractivity contribution in [2.75, 3.05) is 13.2 Å². The maximum Gasteiger partial charge on any atom is 0.422 e. The van der Waals surface area contributed by atoms with Crippen molar-refractivity contribution in [1.29, 1.82) is 0 Å². The summed E-state index contributed by atoms with van der Waals surface area (Å²) < 4.78 is 89.9. The molecule has 4 rings (SSSR count). The van der Waals surface area contributed by atoms with Gasteiger partial charge in [-0.3, -0.25) is 0 Å². The van der Waals surface area contributed by atoms with Gasteiger partial charge in [-0.25, -0.2) is 23.1 Å². The number of aromatic nitrogens is 2. The number of hydrogen-bond donors (Lipinski definition) is 0. The van der Waals surface area contributed by atoms with Crippen molar-refractivity contribution in [3.8, 4) is 22.9 Å². The maximum absolute atomic E-state index is 15.2. The largest absolute Gasteiger partial charge is 0.486 e. The van der Waals surface area contributed by atoms with Gasteiger partial charge in [0, 0.05) is 10.9 Å². The molecule has 0 bridgehead atoms. The summed E-state index contributed by atoms with van der Waals surface area (Å²) in [6.45, 7) is 2.08. The Labute approximate surface area is 208 Å². The van der Waals surface area contributed by atoms with Crippen LogP contribution in [0.15, 0.2) is 67.5 Å². The Morgan fingerprint density at radius 1 is 0.865 bits per heavy atom. The van der Waals surface area contributed by atoms with Gasteiger partial charge >= 0.3 is 6.18 Å². The van der Waals surface area contributed by atoms with Gasteiger partial charge in [-0.2, -0.15) is 13.2 Å². The molecule has 0 aliphatic heterocycles. The molecule has 3 aromatic carbocycles. The van der Waals surface area contributed by atoms with E-state index < -0.39 is 36.0 Å². The van der Waals surface area contributed by atoms with Crippen LogP contribution in [0.3, 0.4) is 0 Å². The Morgan fingerprint density at radius 3 is 2.22 bits per heavy atom. The van der Waals surface area contributed by atoms with Crippen LogP contribution in [0, 0.1) is 17.5 Å². The number of halogens is 6. The van der Waals surface area contributed by atoms with Gasteiger partial charge in [0.2, 0.25) is 0 Å². The second-order valence-corrected chi connectivity index (χ2v) is 8.11. The van der Waals surface area contributed by atoms with Gasteiger partial charge in [-0.15, -0.1) is 0 Å². The average molecular weight is 518 g/mol. The van der Waals surface area contributed by atoms with Crippen LogP contribution in [0.4, 0.5) is 26.3 Å². The zero-order chi connectivity index (χ0) is 26.6. The lowest BCUT2D eigenvalue weighted by atomic mass is 9.98. The van der Waals surface area contributed by atoms with Gasteiger partial charge in [-0.05, 0) is 47.6 Å². The zero-order valence-electron chi connectivity index (χ0n) is 19.3. The van der Waals surface area contributed by atoms with Crippen molar-refractivity contribution < 1.29 is 35.8 Å². The summed E-state index contributed by atoms with van der Waals surface area (Å²) in [4.78, 5) is 8.53. The molecule has 0 spiro atoms. The summed E-state index contributed by atoms with van der Waals surface area (Å²) in [6, 6.07) is 10.1. The summed E-state index contributed by atoms with van der Waals surface area (Å²) in [5, 5.41) is 0.957. The molecule has 0 N–H and O–H groups in total. The molecule has 0 fully saturated rings. The van der Waals surface area contributed by atoms with Crippen molar-refractivity contribution in [2.24, 2.45) is 0 Å². The van der Waals surface area contributed by atoms with Gasteiger partial charge in [0.15, 0.2) is 35.6 Å². The molecule has 0 saturated carbocycles. The molecule has 4 aromatic rings. The third kappa shape index (κ3) is 6.38. The Kier molecular flexibility index (Phi) is 7.66. The normalized spacial score (nSPS) is 11.5. The number of rotatable bonds is 9. The van der Waals surface area contributed by atoms with E-state index in [-0.39, 0.29) is 18.4 Å². The highest BCUT2D eigenvalue weighted by Gasteiger charge is 2.30. The molecule has 0 unspecified atom stereocenters. The zero-order valence-corrected chi connectivity index (χ0v) is 19.3. The molecule has 1 heterocycles. The molecule has 0 aliphatic rings. The highest BCUT2D eigenvalue weighted by molar-refractivity contribution is 5.87. The first-order valence-electron chi connectivity index (χ1n) is 11.1. The highest BCUT2D eigenvalue weighted by Crippen LogP contribution is 2.29. The summed E-state index contributed by atoms with van der Waals surface area (Å²) in [5.41, 5.74) is 1.15. The summed E-state index contributed by atoms with van der Waals surface area (Å²) in [7, 11) is 0. The van der Waals surface area contributed by atoms with Gasteiger partial charge in [0.1, 0.15) is 12.4 Å². The fraction of sp³-hybridized carbons (Fsp3) is 0.185. The van der Waals surface area contributed by atoms with Crippen molar-refractivity contribution in [3.63, 3.8) is 0 Å². The van der Waals surface area contributed by atoms with E-state index in [4.69, 9.17) is 4.74 Å². The SMILES string of the molecule is C=CCOc1cnc(-c2ccc3c(F)c(CCc4cc(F)c(OCC(F)(F)F)c(F)c4)ccc3c2)nc1. The maximum atomic E-state index is 15.2. The molecule has 10 heteroatoms. The van der Waals surface area contributed by atoms with Crippen LogP contribution in [-0.2, 0) is 12.8 Å². The molecule has 37 heavy (non-hydrogen) atoms. The van der Waals surface area contributed by atoms with Crippen LogP contribution in [0.1, 0.15) is 11.1 Å². The number of ether oxygens (including phenoxy) is 2. The fourth-order valence-electron chi connectivity index (χ4n) is 3.69. The van der Waals surface area contributed by atoms with Gasteiger partial charge in [0.25, 0.3) is 0 Å². The molecule has 0 radical (unpaired) electrons. The van der Waals surface area contributed by atoms with Crippen LogP contribution in [0.5, 0.6) is 11.5 Å². The number of aryl methyl sites for hydroxylation is 2. The molecule has 1 aromatic heterocycles. The molecule has 0 saturated heterocycles. The van der Waals surface area contributed by atoms with E-state index in [0.29, 0.717) is 40.1 Å². The third-order valence-electron chi connectivity index (χ3n) is 5.41. The molecule has 4 nitrogen and oxygen atoms in total. The topological polar surface area (TPSA) is 44.2 Å². The van der Waals surface area contributed by atoms with Gasteiger partial charge < -0.3 is 9.47 Å². The molecular formula is C27H20F6N2O2. The Bertz CT molecular complexity index is 1400. The van der Waals surface area contributed by atoms with Crippen molar-refractivity contribution in [3.05, 3.63) is 96.1 Å². The first-order chi connectivity index (χ1) is 17.6. The Hall–Kier alpha value is -4.08. The van der Waals surface area contributed by atoms with E-state index in [1.807, 2.05) is 0 Å². The van der Waals surface area contributed by atoms with Crippen molar-refractivity contribution in [1.82, 2.24) is 9.97 Å². The first kappa shape index (κ1) is 26.0. The average Bonchev–Trinajstić information content (AvgIpc) is 2.86. The highest BCUT2D eigenvalue weighted by atomic mass is 19.4. The summed E-state index contributed by atoms with van der Waals surface area (Å²) in [6.07, 6.45) is 0.0943. The third-order valence-corrected chi connectivity index (χ3v) is 5.41. The van der Waals surface area contributed by atoms with Crippen LogP contribution in [-0.4, -0.2) is 29.4 Å². The smallest absolute Gasteiger partial charge is 0.422 e. The lowest BCUT2D eigenvalue weighted by Gasteiger charge is -2.12. The standard InChI is InChI=1S/C27H20F6N2O2/c1-2-9-36-20-13-34-26(35-14-20)19-7-8-21-18(12-19)6-5-17(24(21)30)4-3-16-10-22(28)25(23(29)11-16)37-15-27(31,32)33/h2,5-8,10-14H,1,3-4,9,15H2. The number of hydrogen-bond acceptors (Lipinski definition) is 4. The Morgan fingerprint density at radius 2 is 1.57 bits per heavy atom. The minimum atomic E-state index is -4.73. The predicted molar refractivity (Wildman–Crippen MR) is 126 cm³/mol. The molecule has 0 amide bonds. The number of fused-ring (bicyclic) bond motifs is 1. The van der Waals surface area contributed by atoms with Crippen molar-refractivity contribution >= 4 is 10.8 Å². The van der Waals surface area contributed by atoms with Crippen molar-refractivity contribution in [2.45, 2.75) is 19.0 Å². The molecule has 0 aliphatic carbocycles. The predicted octanol–water partition coefficient (Wildman–Crippen LogP) is 7.01. The summed E-state index contributed by atoms with van der Waals surface area (Å²) in [5.74, 6) is -3.17. The number of alkyl halides is 3. The second kappa shape index (κ2) is 10.9. The van der Waals surface area contributed by atoms with Crippen LogP contribution >= 0.6 is 0 Å². The van der Waals surface area contributed by atoms with E-state index in [2.05, 4.69) is 21.3 Å². The van der Waals surface area contributed by atoms with Crippen LogP contribution in [0.2, 0.25) is 0 Å². The van der Waals surface area contributed by atoms with Crippen LogP contribution < -0.4 is 9.47 Å². The van der Waals surface area contributed by atoms with E-state index in [1.54, 1.807) is 36.4 Å². The first-order valence-corrected chi connectivity index (χ1v) is 11.1. The quantitative estimate of drug-likeness (QED) is 0.177. The number of benzene rings is 3. The minimum absolute atomic E-state index is 0.0576. The van der Waals surface area contributed by atoms with Gasteiger partial charge in [0.05, 0.1) is 12.4 Å². The second-order valence-electron chi connectivity index (χ2n) is 8.11. The van der Waals surface area contributed by atoms with E-state index in [9.17, 15) is 22.0 Å².